The molecule has 0 aliphatic carbocycles. The number of methoxy groups -OCH3 is 1. The quantitative estimate of drug-likeness (QED) is 0.540. The van der Waals surface area contributed by atoms with Gasteiger partial charge in [-0.2, -0.15) is 0 Å². The van der Waals surface area contributed by atoms with Crippen LogP contribution in [0.15, 0.2) is 53.4 Å². The van der Waals surface area contributed by atoms with Gasteiger partial charge in [-0.15, -0.1) is 0 Å². The van der Waals surface area contributed by atoms with E-state index in [-0.39, 0.29) is 11.4 Å². The average molecular weight is 383 g/mol. The molecule has 0 aliphatic rings. The Morgan fingerprint density at radius 1 is 1.12 bits per heavy atom. The molecule has 2 aromatic rings. The van der Waals surface area contributed by atoms with E-state index in [0.29, 0.717) is 24.1 Å². The van der Waals surface area contributed by atoms with Crippen molar-refractivity contribution in [1.82, 2.24) is 9.56 Å². The van der Waals surface area contributed by atoms with Gasteiger partial charge in [0.15, 0.2) is 0 Å². The molecule has 0 aromatic heterocycles. The standard InChI is InChI=1S/C17H19ClN2O4S/c1-24-17(21)15-6-2-5-14(10-15)12-20-25(22,23)16-7-3-4-13(11-16)8-9-19-18/h2-7,10-11,19-20H,8-9,12H2,1H3. The number of sulfonamides is 1. The summed E-state index contributed by atoms with van der Waals surface area (Å²) in [5.74, 6) is -0.467. The maximum Gasteiger partial charge on any atom is 0.337 e. The molecule has 0 radical (unpaired) electrons. The highest BCUT2D eigenvalue weighted by molar-refractivity contribution is 7.89. The van der Waals surface area contributed by atoms with E-state index in [9.17, 15) is 13.2 Å². The number of hydrogen-bond acceptors (Lipinski definition) is 5. The van der Waals surface area contributed by atoms with Crippen LogP contribution in [0.25, 0.3) is 0 Å². The van der Waals surface area contributed by atoms with Crippen LogP contribution < -0.4 is 9.56 Å². The van der Waals surface area contributed by atoms with Crippen LogP contribution in [0.2, 0.25) is 0 Å². The minimum atomic E-state index is -3.66. The SMILES string of the molecule is COC(=O)c1cccc(CNS(=O)(=O)c2cccc(CCNCl)c2)c1. The molecule has 0 atom stereocenters. The summed E-state index contributed by atoms with van der Waals surface area (Å²) < 4.78 is 32.1. The molecule has 0 amide bonds. The first kappa shape index (κ1) is 19.4. The summed E-state index contributed by atoms with van der Waals surface area (Å²) in [7, 11) is -2.37. The Morgan fingerprint density at radius 2 is 1.84 bits per heavy atom. The van der Waals surface area contributed by atoms with Gasteiger partial charge in [0.25, 0.3) is 0 Å². The fourth-order valence-electron chi connectivity index (χ4n) is 2.25. The highest BCUT2D eigenvalue weighted by Gasteiger charge is 2.14. The zero-order valence-electron chi connectivity index (χ0n) is 13.7. The van der Waals surface area contributed by atoms with Crippen LogP contribution in [0.1, 0.15) is 21.5 Å². The van der Waals surface area contributed by atoms with Crippen LogP contribution in [0.5, 0.6) is 0 Å². The summed E-state index contributed by atoms with van der Waals surface area (Å²) in [4.78, 5) is 14.2. The largest absolute Gasteiger partial charge is 0.465 e. The van der Waals surface area contributed by atoms with Crippen molar-refractivity contribution in [2.24, 2.45) is 0 Å². The summed E-state index contributed by atoms with van der Waals surface area (Å²) in [6.07, 6.45) is 0.619. The number of benzene rings is 2. The smallest absolute Gasteiger partial charge is 0.337 e. The normalized spacial score (nSPS) is 11.3. The lowest BCUT2D eigenvalue weighted by atomic mass is 10.1. The van der Waals surface area contributed by atoms with E-state index in [0.717, 1.165) is 5.56 Å². The zero-order valence-corrected chi connectivity index (χ0v) is 15.2. The summed E-state index contributed by atoms with van der Waals surface area (Å²) in [5, 5.41) is 0. The van der Waals surface area contributed by atoms with E-state index in [1.807, 2.05) is 6.07 Å². The Hall–Kier alpha value is -1.93. The number of hydrogen-bond donors (Lipinski definition) is 2. The number of halogens is 1. The van der Waals surface area contributed by atoms with Crippen molar-refractivity contribution in [3.05, 3.63) is 65.2 Å². The summed E-state index contributed by atoms with van der Waals surface area (Å²) in [5.41, 5.74) is 1.90. The van der Waals surface area contributed by atoms with Crippen molar-refractivity contribution in [1.29, 1.82) is 0 Å². The molecule has 0 aliphatic heterocycles. The van der Waals surface area contributed by atoms with E-state index in [1.165, 1.54) is 13.2 Å². The van der Waals surface area contributed by atoms with Crippen LogP contribution in [0, 0.1) is 0 Å². The van der Waals surface area contributed by atoms with Crippen molar-refractivity contribution in [3.8, 4) is 0 Å². The van der Waals surface area contributed by atoms with Gasteiger partial charge in [-0.3, -0.25) is 0 Å². The monoisotopic (exact) mass is 382 g/mol. The first-order chi connectivity index (χ1) is 12.0. The van der Waals surface area contributed by atoms with Gasteiger partial charge in [0, 0.05) is 13.1 Å². The van der Waals surface area contributed by atoms with Gasteiger partial charge in [-0.1, -0.05) is 24.3 Å². The maximum atomic E-state index is 12.5. The van der Waals surface area contributed by atoms with Crippen LogP contribution >= 0.6 is 11.8 Å². The van der Waals surface area contributed by atoms with Gasteiger partial charge in [-0.05, 0) is 53.6 Å². The molecule has 8 heteroatoms. The molecule has 0 bridgehead atoms. The average Bonchev–Trinajstić information content (AvgIpc) is 2.64. The fourth-order valence-corrected chi connectivity index (χ4v) is 3.43. The third-order valence-electron chi connectivity index (χ3n) is 3.53. The Balaban J connectivity index is 2.10. The molecule has 0 heterocycles. The van der Waals surface area contributed by atoms with Gasteiger partial charge in [0.2, 0.25) is 10.0 Å². The van der Waals surface area contributed by atoms with Crippen LogP contribution in [0.3, 0.4) is 0 Å². The number of rotatable bonds is 8. The highest BCUT2D eigenvalue weighted by atomic mass is 35.5. The molecule has 134 valence electrons. The lowest BCUT2D eigenvalue weighted by Gasteiger charge is -2.09. The second kappa shape index (κ2) is 8.96. The molecule has 0 spiro atoms. The molecular weight excluding hydrogens is 364 g/mol. The zero-order chi connectivity index (χ0) is 18.3. The van der Waals surface area contributed by atoms with E-state index in [2.05, 4.69) is 14.3 Å². The predicted octanol–water partition coefficient (Wildman–Crippen LogP) is 2.24. The van der Waals surface area contributed by atoms with Crippen LogP contribution in [0.4, 0.5) is 0 Å². The highest BCUT2D eigenvalue weighted by Crippen LogP contribution is 2.13. The summed E-state index contributed by atoms with van der Waals surface area (Å²) in [6.45, 7) is 0.611. The molecular formula is C17H19ClN2O4S. The molecule has 2 aromatic carbocycles. The van der Waals surface area contributed by atoms with E-state index < -0.39 is 16.0 Å². The third kappa shape index (κ3) is 5.54. The van der Waals surface area contributed by atoms with Crippen LogP contribution in [-0.4, -0.2) is 28.0 Å². The minimum absolute atomic E-state index is 0.0701. The predicted molar refractivity (Wildman–Crippen MR) is 95.8 cm³/mol. The van der Waals surface area contributed by atoms with Crippen molar-refractivity contribution in [2.75, 3.05) is 13.7 Å². The Bertz CT molecular complexity index is 840. The van der Waals surface area contributed by atoms with Gasteiger partial charge >= 0.3 is 5.97 Å². The van der Waals surface area contributed by atoms with Crippen molar-refractivity contribution < 1.29 is 17.9 Å². The van der Waals surface area contributed by atoms with Gasteiger partial charge in [0.05, 0.1) is 17.6 Å². The molecule has 0 unspecified atom stereocenters. The minimum Gasteiger partial charge on any atom is -0.465 e. The topological polar surface area (TPSA) is 84.5 Å². The number of ether oxygens (including phenoxy) is 1. The summed E-state index contributed by atoms with van der Waals surface area (Å²) in [6, 6.07) is 13.3. The van der Waals surface area contributed by atoms with Gasteiger partial charge in [-0.25, -0.2) is 22.8 Å². The second-order valence-electron chi connectivity index (χ2n) is 5.30. The maximum absolute atomic E-state index is 12.5. The van der Waals surface area contributed by atoms with Crippen molar-refractivity contribution in [3.63, 3.8) is 0 Å². The van der Waals surface area contributed by atoms with E-state index in [1.54, 1.807) is 36.4 Å². The molecule has 0 saturated carbocycles. The molecule has 0 fully saturated rings. The number of esters is 1. The number of carbonyl (C=O) groups excluding carboxylic acids is 1. The Morgan fingerprint density at radius 3 is 2.56 bits per heavy atom. The van der Waals surface area contributed by atoms with E-state index in [4.69, 9.17) is 11.8 Å². The molecule has 0 saturated heterocycles. The van der Waals surface area contributed by atoms with E-state index >= 15 is 0 Å². The van der Waals surface area contributed by atoms with Crippen LogP contribution in [-0.2, 0) is 27.7 Å². The number of carbonyl (C=O) groups is 1. The van der Waals surface area contributed by atoms with Crippen molar-refractivity contribution in [2.45, 2.75) is 17.9 Å². The molecule has 25 heavy (non-hydrogen) atoms. The van der Waals surface area contributed by atoms with Gasteiger partial charge < -0.3 is 4.74 Å². The van der Waals surface area contributed by atoms with Crippen molar-refractivity contribution >= 4 is 27.8 Å². The lowest BCUT2D eigenvalue weighted by molar-refractivity contribution is 0.0600. The first-order valence-corrected chi connectivity index (χ1v) is 9.42. The molecule has 2 rings (SSSR count). The lowest BCUT2D eigenvalue weighted by Crippen LogP contribution is -2.23. The first-order valence-electron chi connectivity index (χ1n) is 7.55. The summed E-state index contributed by atoms with van der Waals surface area (Å²) >= 11 is 5.43. The second-order valence-corrected chi connectivity index (χ2v) is 7.33. The molecule has 6 nitrogen and oxygen atoms in total. The third-order valence-corrected chi connectivity index (χ3v) is 5.12. The molecule has 2 N–H and O–H groups in total. The Kier molecular flexibility index (Phi) is 6.95. The Labute approximate surface area is 152 Å². The fraction of sp³-hybridized carbons (Fsp3) is 0.235. The number of nitrogens with one attached hydrogen (secondary N) is 2. The van der Waals surface area contributed by atoms with Gasteiger partial charge in [0.1, 0.15) is 0 Å².